The minimum atomic E-state index is 0.298. The standard InChI is InChI=1S/C8H12N2O/c11-8-7(3-4-9-8)10-5-1-2-6-10/h3-4,9,11H,1-2,5-6H2. The van der Waals surface area contributed by atoms with Crippen LogP contribution in [-0.4, -0.2) is 23.2 Å². The maximum atomic E-state index is 9.31. The number of nitrogens with one attached hydrogen (secondary N) is 1. The number of hydrogen-bond acceptors (Lipinski definition) is 2. The summed E-state index contributed by atoms with van der Waals surface area (Å²) in [5.74, 6) is 0.298. The minimum Gasteiger partial charge on any atom is -0.493 e. The molecule has 1 aromatic rings. The molecule has 0 spiro atoms. The lowest BCUT2D eigenvalue weighted by Crippen LogP contribution is -2.16. The van der Waals surface area contributed by atoms with Crippen LogP contribution in [0.1, 0.15) is 12.8 Å². The molecule has 0 aromatic carbocycles. The van der Waals surface area contributed by atoms with Gasteiger partial charge in [0.15, 0.2) is 0 Å². The molecule has 1 aromatic heterocycles. The highest BCUT2D eigenvalue weighted by Crippen LogP contribution is 2.27. The zero-order valence-corrected chi connectivity index (χ0v) is 6.38. The molecule has 11 heavy (non-hydrogen) atoms. The lowest BCUT2D eigenvalue weighted by Gasteiger charge is -2.14. The highest BCUT2D eigenvalue weighted by Gasteiger charge is 2.15. The van der Waals surface area contributed by atoms with Crippen molar-refractivity contribution in [2.45, 2.75) is 12.8 Å². The zero-order chi connectivity index (χ0) is 7.68. The third-order valence-electron chi connectivity index (χ3n) is 2.15. The number of nitrogens with zero attached hydrogens (tertiary/aromatic N) is 1. The van der Waals surface area contributed by atoms with Crippen molar-refractivity contribution < 1.29 is 5.11 Å². The Kier molecular flexibility index (Phi) is 1.49. The van der Waals surface area contributed by atoms with E-state index in [1.54, 1.807) is 6.20 Å². The lowest BCUT2D eigenvalue weighted by molar-refractivity contribution is 0.457. The van der Waals surface area contributed by atoms with Crippen LogP contribution < -0.4 is 4.90 Å². The van der Waals surface area contributed by atoms with Gasteiger partial charge in [-0.15, -0.1) is 0 Å². The fourth-order valence-electron chi connectivity index (χ4n) is 1.57. The van der Waals surface area contributed by atoms with Crippen molar-refractivity contribution in [2.75, 3.05) is 18.0 Å². The SMILES string of the molecule is Oc1[nH]ccc1N1CCCC1. The zero-order valence-electron chi connectivity index (χ0n) is 6.38. The third kappa shape index (κ3) is 1.06. The molecule has 2 heterocycles. The molecule has 1 saturated heterocycles. The van der Waals surface area contributed by atoms with Crippen molar-refractivity contribution in [1.29, 1.82) is 0 Å². The third-order valence-corrected chi connectivity index (χ3v) is 2.15. The van der Waals surface area contributed by atoms with Gasteiger partial charge >= 0.3 is 0 Å². The normalized spacial score (nSPS) is 17.6. The Labute approximate surface area is 65.6 Å². The largest absolute Gasteiger partial charge is 0.493 e. The number of anilines is 1. The van der Waals surface area contributed by atoms with Crippen LogP contribution in [0.3, 0.4) is 0 Å². The Morgan fingerprint density at radius 3 is 2.64 bits per heavy atom. The van der Waals surface area contributed by atoms with Crippen molar-refractivity contribution in [1.82, 2.24) is 4.98 Å². The fourth-order valence-corrected chi connectivity index (χ4v) is 1.57. The number of rotatable bonds is 1. The molecule has 2 rings (SSSR count). The number of hydrogen-bond donors (Lipinski definition) is 2. The smallest absolute Gasteiger partial charge is 0.212 e. The van der Waals surface area contributed by atoms with Gasteiger partial charge in [0.2, 0.25) is 5.88 Å². The monoisotopic (exact) mass is 152 g/mol. The molecule has 3 nitrogen and oxygen atoms in total. The predicted octanol–water partition coefficient (Wildman–Crippen LogP) is 1.32. The van der Waals surface area contributed by atoms with E-state index in [0.29, 0.717) is 5.88 Å². The Morgan fingerprint density at radius 1 is 1.36 bits per heavy atom. The first-order valence-corrected chi connectivity index (χ1v) is 3.99. The molecular formula is C8H12N2O. The van der Waals surface area contributed by atoms with E-state index in [2.05, 4.69) is 9.88 Å². The van der Waals surface area contributed by atoms with Gasteiger partial charge in [-0.05, 0) is 18.9 Å². The average molecular weight is 152 g/mol. The molecule has 0 bridgehead atoms. The molecule has 1 fully saturated rings. The molecule has 1 aliphatic heterocycles. The summed E-state index contributed by atoms with van der Waals surface area (Å²) in [4.78, 5) is 4.96. The Morgan fingerprint density at radius 2 is 2.09 bits per heavy atom. The van der Waals surface area contributed by atoms with Crippen LogP contribution in [0.25, 0.3) is 0 Å². The van der Waals surface area contributed by atoms with Crippen molar-refractivity contribution >= 4 is 5.69 Å². The minimum absolute atomic E-state index is 0.298. The van der Waals surface area contributed by atoms with Crippen molar-refractivity contribution in [3.63, 3.8) is 0 Å². The number of aromatic amines is 1. The van der Waals surface area contributed by atoms with E-state index in [-0.39, 0.29) is 0 Å². The van der Waals surface area contributed by atoms with Crippen molar-refractivity contribution in [2.24, 2.45) is 0 Å². The average Bonchev–Trinajstić information content (AvgIpc) is 2.55. The van der Waals surface area contributed by atoms with E-state index in [1.165, 1.54) is 12.8 Å². The van der Waals surface area contributed by atoms with Gasteiger partial charge in [0.1, 0.15) is 0 Å². The van der Waals surface area contributed by atoms with Gasteiger partial charge < -0.3 is 15.0 Å². The molecule has 60 valence electrons. The molecule has 0 amide bonds. The summed E-state index contributed by atoms with van der Waals surface area (Å²) in [5, 5.41) is 9.31. The first-order chi connectivity index (χ1) is 5.38. The van der Waals surface area contributed by atoms with Gasteiger partial charge in [0.25, 0.3) is 0 Å². The summed E-state index contributed by atoms with van der Waals surface area (Å²) in [6.07, 6.45) is 4.25. The predicted molar refractivity (Wildman–Crippen MR) is 43.9 cm³/mol. The van der Waals surface area contributed by atoms with Crippen LogP contribution >= 0.6 is 0 Å². The van der Waals surface area contributed by atoms with E-state index < -0.39 is 0 Å². The van der Waals surface area contributed by atoms with Crippen molar-refractivity contribution in [3.05, 3.63) is 12.3 Å². The van der Waals surface area contributed by atoms with Crippen LogP contribution in [0, 0.1) is 0 Å². The molecule has 0 radical (unpaired) electrons. The van der Waals surface area contributed by atoms with E-state index >= 15 is 0 Å². The summed E-state index contributed by atoms with van der Waals surface area (Å²) in [7, 11) is 0. The Bertz CT molecular complexity index is 238. The van der Waals surface area contributed by atoms with Crippen LogP contribution in [0.2, 0.25) is 0 Å². The molecular weight excluding hydrogens is 140 g/mol. The summed E-state index contributed by atoms with van der Waals surface area (Å²) < 4.78 is 0. The second kappa shape index (κ2) is 2.49. The van der Waals surface area contributed by atoms with E-state index in [4.69, 9.17) is 0 Å². The quantitative estimate of drug-likeness (QED) is 0.637. The molecule has 0 aliphatic carbocycles. The number of aromatic hydroxyl groups is 1. The fraction of sp³-hybridized carbons (Fsp3) is 0.500. The summed E-state index contributed by atoms with van der Waals surface area (Å²) in [5.41, 5.74) is 0.947. The van der Waals surface area contributed by atoms with Gasteiger partial charge in [-0.25, -0.2) is 0 Å². The highest BCUT2D eigenvalue weighted by molar-refractivity contribution is 5.55. The maximum absolute atomic E-state index is 9.31. The van der Waals surface area contributed by atoms with Crippen LogP contribution in [0.15, 0.2) is 12.3 Å². The molecule has 1 aliphatic rings. The van der Waals surface area contributed by atoms with Gasteiger partial charge in [0, 0.05) is 19.3 Å². The van der Waals surface area contributed by atoms with Crippen LogP contribution in [0.5, 0.6) is 5.88 Å². The first-order valence-electron chi connectivity index (χ1n) is 3.99. The summed E-state index contributed by atoms with van der Waals surface area (Å²) >= 11 is 0. The number of H-pyrrole nitrogens is 1. The highest BCUT2D eigenvalue weighted by atomic mass is 16.3. The van der Waals surface area contributed by atoms with Gasteiger partial charge in [-0.1, -0.05) is 0 Å². The Hall–Kier alpha value is -1.12. The van der Waals surface area contributed by atoms with E-state index in [1.807, 2.05) is 6.07 Å². The van der Waals surface area contributed by atoms with Crippen LogP contribution in [0.4, 0.5) is 5.69 Å². The van der Waals surface area contributed by atoms with Gasteiger partial charge in [0.05, 0.1) is 5.69 Å². The Balaban J connectivity index is 2.21. The summed E-state index contributed by atoms with van der Waals surface area (Å²) in [6.45, 7) is 2.15. The topological polar surface area (TPSA) is 39.3 Å². The molecule has 0 saturated carbocycles. The summed E-state index contributed by atoms with van der Waals surface area (Å²) in [6, 6.07) is 1.92. The van der Waals surface area contributed by atoms with Gasteiger partial charge in [-0.3, -0.25) is 0 Å². The van der Waals surface area contributed by atoms with Gasteiger partial charge in [-0.2, -0.15) is 0 Å². The second-order valence-electron chi connectivity index (χ2n) is 2.91. The first kappa shape index (κ1) is 6.58. The second-order valence-corrected chi connectivity index (χ2v) is 2.91. The molecule has 3 heteroatoms. The molecule has 0 atom stereocenters. The molecule has 0 unspecified atom stereocenters. The van der Waals surface area contributed by atoms with Crippen LogP contribution in [-0.2, 0) is 0 Å². The lowest BCUT2D eigenvalue weighted by atomic mass is 10.4. The molecule has 2 N–H and O–H groups in total. The number of aromatic nitrogens is 1. The van der Waals surface area contributed by atoms with E-state index in [0.717, 1.165) is 18.8 Å². The van der Waals surface area contributed by atoms with E-state index in [9.17, 15) is 5.11 Å². The van der Waals surface area contributed by atoms with Crippen molar-refractivity contribution in [3.8, 4) is 5.88 Å². The maximum Gasteiger partial charge on any atom is 0.212 e.